The van der Waals surface area contributed by atoms with E-state index in [1.165, 1.54) is 0 Å². The van der Waals surface area contributed by atoms with Gasteiger partial charge in [-0.15, -0.1) is 0 Å². The van der Waals surface area contributed by atoms with Crippen LogP contribution < -0.4 is 5.73 Å². The van der Waals surface area contributed by atoms with Crippen molar-refractivity contribution in [3.8, 4) is 0 Å². The maximum Gasteiger partial charge on any atom is 0.0539 e. The first kappa shape index (κ1) is 6.86. The number of benzene rings is 1. The van der Waals surface area contributed by atoms with Crippen LogP contribution in [0.5, 0.6) is 0 Å². The van der Waals surface area contributed by atoms with Crippen LogP contribution in [0, 0.1) is 4.43 Å². The van der Waals surface area contributed by atoms with Crippen molar-refractivity contribution in [3.63, 3.8) is 0 Å². The fourth-order valence-electron chi connectivity index (χ4n) is 0.610. The van der Waals surface area contributed by atoms with E-state index in [1.807, 2.05) is 28.7 Å². The Hall–Kier alpha value is -0.250. The average molecular weight is 232 g/mol. The van der Waals surface area contributed by atoms with Gasteiger partial charge in [-0.2, -0.15) is 0 Å². The molecular weight excluding hydrogens is 225 g/mol. The van der Waals surface area contributed by atoms with Crippen LogP contribution in [0.25, 0.3) is 0 Å². The molecule has 1 nitrogen and oxygen atoms in total. The molecular formula is C7H7IN. The molecule has 0 amide bonds. The Balaban J connectivity index is 3.01. The summed E-state index contributed by atoms with van der Waals surface area (Å²) in [5.41, 5.74) is 7.53. The molecule has 0 aromatic heterocycles. The number of nitrogens with two attached hydrogens (primary N) is 1. The first-order valence-corrected chi connectivity index (χ1v) is 3.87. The summed E-state index contributed by atoms with van der Waals surface area (Å²) in [6.07, 6.45) is 0. The molecule has 0 aliphatic carbocycles. The lowest BCUT2D eigenvalue weighted by Crippen LogP contribution is -1.87. The van der Waals surface area contributed by atoms with Gasteiger partial charge in [-0.05, 0) is 11.6 Å². The van der Waals surface area contributed by atoms with Gasteiger partial charge in [0.15, 0.2) is 0 Å². The third-order valence-electron chi connectivity index (χ3n) is 1.11. The third-order valence-corrected chi connectivity index (χ3v) is 1.78. The zero-order chi connectivity index (χ0) is 6.69. The molecule has 0 unspecified atom stereocenters. The lowest BCUT2D eigenvalue weighted by atomic mass is 10.2. The van der Waals surface area contributed by atoms with Crippen LogP contribution >= 0.6 is 22.6 Å². The summed E-state index contributed by atoms with van der Waals surface area (Å²) in [4.78, 5) is 0. The second kappa shape index (κ2) is 3.06. The Kier molecular flexibility index (Phi) is 2.33. The van der Waals surface area contributed by atoms with Gasteiger partial charge in [0, 0.05) is 5.69 Å². The van der Waals surface area contributed by atoms with E-state index in [9.17, 15) is 0 Å². The molecule has 1 rings (SSSR count). The first-order valence-electron chi connectivity index (χ1n) is 2.62. The maximum atomic E-state index is 5.60. The Morgan fingerprint density at radius 3 is 2.44 bits per heavy atom. The van der Waals surface area contributed by atoms with E-state index in [2.05, 4.69) is 22.6 Å². The van der Waals surface area contributed by atoms with E-state index in [0.29, 0.717) is 0 Å². The van der Waals surface area contributed by atoms with Crippen molar-refractivity contribution in [2.45, 2.75) is 0 Å². The van der Waals surface area contributed by atoms with Gasteiger partial charge < -0.3 is 5.73 Å². The van der Waals surface area contributed by atoms with Crippen LogP contribution in [-0.2, 0) is 0 Å². The fourth-order valence-corrected chi connectivity index (χ4v) is 1.18. The van der Waals surface area contributed by atoms with E-state index < -0.39 is 0 Å². The van der Waals surface area contributed by atoms with Crippen molar-refractivity contribution in [3.05, 3.63) is 34.3 Å². The standard InChI is InChI=1S/C7H7IN/c8-5-6-3-1-2-4-7(6)9/h1-5H,9H2. The number of halogens is 1. The number of hydrogen-bond donors (Lipinski definition) is 1. The molecule has 1 radical (unpaired) electrons. The van der Waals surface area contributed by atoms with Crippen molar-refractivity contribution in [2.24, 2.45) is 0 Å². The summed E-state index contributed by atoms with van der Waals surface area (Å²) in [6.45, 7) is 0. The van der Waals surface area contributed by atoms with Gasteiger partial charge >= 0.3 is 0 Å². The van der Waals surface area contributed by atoms with Gasteiger partial charge in [-0.3, -0.25) is 0 Å². The van der Waals surface area contributed by atoms with Crippen molar-refractivity contribution in [1.82, 2.24) is 0 Å². The Labute approximate surface area is 68.4 Å². The fraction of sp³-hybridized carbons (Fsp3) is 0. The summed E-state index contributed by atoms with van der Waals surface area (Å²) >= 11 is 2.17. The topological polar surface area (TPSA) is 26.0 Å². The summed E-state index contributed by atoms with van der Waals surface area (Å²) in [5, 5.41) is 0. The monoisotopic (exact) mass is 232 g/mol. The highest BCUT2D eigenvalue weighted by Gasteiger charge is 1.91. The van der Waals surface area contributed by atoms with Crippen LogP contribution in [0.15, 0.2) is 24.3 Å². The maximum absolute atomic E-state index is 5.60. The van der Waals surface area contributed by atoms with Gasteiger partial charge in [-0.1, -0.05) is 40.8 Å². The van der Waals surface area contributed by atoms with Crippen LogP contribution in [0.3, 0.4) is 0 Å². The van der Waals surface area contributed by atoms with E-state index in [-0.39, 0.29) is 0 Å². The highest BCUT2D eigenvalue weighted by molar-refractivity contribution is 14.1. The van der Waals surface area contributed by atoms with Gasteiger partial charge in [0.1, 0.15) is 0 Å². The number of rotatable bonds is 1. The quantitative estimate of drug-likeness (QED) is 0.583. The van der Waals surface area contributed by atoms with Crippen molar-refractivity contribution >= 4 is 28.3 Å². The highest BCUT2D eigenvalue weighted by Crippen LogP contribution is 2.15. The number of nitrogen functional groups attached to an aromatic ring is 1. The van der Waals surface area contributed by atoms with Gasteiger partial charge in [0.2, 0.25) is 0 Å². The molecule has 9 heavy (non-hydrogen) atoms. The highest BCUT2D eigenvalue weighted by atomic mass is 127. The normalized spacial score (nSPS) is 9.44. The van der Waals surface area contributed by atoms with Crippen LogP contribution in [0.2, 0.25) is 0 Å². The SMILES string of the molecule is Nc1ccccc1[CH]I. The van der Waals surface area contributed by atoms with E-state index in [1.54, 1.807) is 0 Å². The zero-order valence-corrected chi connectivity index (χ0v) is 7.00. The molecule has 0 heterocycles. The molecule has 0 spiro atoms. The zero-order valence-electron chi connectivity index (χ0n) is 4.84. The molecule has 2 N–H and O–H groups in total. The van der Waals surface area contributed by atoms with Crippen LogP contribution in [0.1, 0.15) is 5.56 Å². The van der Waals surface area contributed by atoms with Crippen molar-refractivity contribution in [1.29, 1.82) is 0 Å². The second-order valence-corrected chi connectivity index (χ2v) is 2.36. The van der Waals surface area contributed by atoms with Crippen LogP contribution in [0.4, 0.5) is 5.69 Å². The van der Waals surface area contributed by atoms with Gasteiger partial charge in [0.05, 0.1) is 4.43 Å². The molecule has 0 aliphatic heterocycles. The largest absolute Gasteiger partial charge is 0.398 e. The first-order chi connectivity index (χ1) is 4.34. The van der Waals surface area contributed by atoms with E-state index in [0.717, 1.165) is 11.3 Å². The van der Waals surface area contributed by atoms with Gasteiger partial charge in [-0.25, -0.2) is 0 Å². The predicted octanol–water partition coefficient (Wildman–Crippen LogP) is 2.21. The summed E-state index contributed by atoms with van der Waals surface area (Å²) in [6, 6.07) is 7.78. The summed E-state index contributed by atoms with van der Waals surface area (Å²) in [7, 11) is 0. The molecule has 0 saturated heterocycles. The Morgan fingerprint density at radius 1 is 1.33 bits per heavy atom. The lowest BCUT2D eigenvalue weighted by Gasteiger charge is -1.97. The minimum Gasteiger partial charge on any atom is -0.398 e. The van der Waals surface area contributed by atoms with E-state index in [4.69, 9.17) is 5.73 Å². The summed E-state index contributed by atoms with van der Waals surface area (Å²) < 4.78 is 1.97. The molecule has 1 aromatic rings. The molecule has 0 aliphatic rings. The minimum atomic E-state index is 0.840. The number of hydrogen-bond acceptors (Lipinski definition) is 1. The van der Waals surface area contributed by atoms with E-state index >= 15 is 0 Å². The summed E-state index contributed by atoms with van der Waals surface area (Å²) in [5.74, 6) is 0. The molecule has 2 heteroatoms. The van der Waals surface area contributed by atoms with Crippen molar-refractivity contribution < 1.29 is 0 Å². The Morgan fingerprint density at radius 2 is 2.00 bits per heavy atom. The van der Waals surface area contributed by atoms with Gasteiger partial charge in [0.25, 0.3) is 0 Å². The molecule has 0 fully saturated rings. The number of para-hydroxylation sites is 1. The molecule has 47 valence electrons. The van der Waals surface area contributed by atoms with Crippen LogP contribution in [-0.4, -0.2) is 0 Å². The molecule has 0 saturated carbocycles. The minimum absolute atomic E-state index is 0.840. The Bertz CT molecular complexity index is 198. The molecule has 0 bridgehead atoms. The smallest absolute Gasteiger partial charge is 0.0539 e. The third kappa shape index (κ3) is 1.58. The molecule has 0 atom stereocenters. The van der Waals surface area contributed by atoms with Crippen molar-refractivity contribution in [2.75, 3.05) is 5.73 Å². The number of anilines is 1. The predicted molar refractivity (Wildman–Crippen MR) is 48.3 cm³/mol. The molecule has 1 aromatic carbocycles. The second-order valence-electron chi connectivity index (χ2n) is 1.74. The average Bonchev–Trinajstić information content (AvgIpc) is 1.89. The lowest BCUT2D eigenvalue weighted by molar-refractivity contribution is 1.59.